The molecule has 0 bridgehead atoms. The summed E-state index contributed by atoms with van der Waals surface area (Å²) in [4.78, 5) is 8.48. The van der Waals surface area contributed by atoms with E-state index in [2.05, 4.69) is 20.4 Å². The van der Waals surface area contributed by atoms with Crippen molar-refractivity contribution in [2.24, 2.45) is 0 Å². The van der Waals surface area contributed by atoms with Crippen LogP contribution in [0.1, 0.15) is 19.2 Å². The molecule has 0 radical (unpaired) electrons. The first kappa shape index (κ1) is 12.8. The lowest BCUT2D eigenvalue weighted by atomic mass is 10.4. The predicted octanol–water partition coefficient (Wildman–Crippen LogP) is 2.39. The first-order chi connectivity index (χ1) is 8.78. The van der Waals surface area contributed by atoms with Crippen molar-refractivity contribution in [3.63, 3.8) is 0 Å². The number of hydrogen-bond acceptors (Lipinski definition) is 4. The summed E-state index contributed by atoms with van der Waals surface area (Å²) in [6.07, 6.45) is 5.50. The van der Waals surface area contributed by atoms with Crippen LogP contribution in [0.15, 0.2) is 24.5 Å². The molecule has 0 aliphatic carbocycles. The molecule has 5 nitrogen and oxygen atoms in total. The van der Waals surface area contributed by atoms with E-state index in [1.807, 2.05) is 23.9 Å². The van der Waals surface area contributed by atoms with Crippen LogP contribution >= 0.6 is 11.6 Å². The van der Waals surface area contributed by atoms with Crippen molar-refractivity contribution in [3.05, 3.63) is 35.5 Å². The van der Waals surface area contributed by atoms with Crippen molar-refractivity contribution in [1.29, 1.82) is 0 Å². The van der Waals surface area contributed by atoms with Gasteiger partial charge in [0.2, 0.25) is 0 Å². The molecule has 0 saturated heterocycles. The first-order valence-corrected chi connectivity index (χ1v) is 6.40. The Kier molecular flexibility index (Phi) is 4.52. The molecule has 0 aliphatic heterocycles. The molecule has 0 saturated carbocycles. The summed E-state index contributed by atoms with van der Waals surface area (Å²) in [5.41, 5.74) is 0. The lowest BCUT2D eigenvalue weighted by Crippen LogP contribution is -2.09. The van der Waals surface area contributed by atoms with Gasteiger partial charge in [0, 0.05) is 38.0 Å². The number of rotatable bonds is 6. The molecular formula is C12H16ClN5. The topological polar surface area (TPSA) is 55.6 Å². The molecule has 0 unspecified atom stereocenters. The van der Waals surface area contributed by atoms with E-state index >= 15 is 0 Å². The second-order valence-electron chi connectivity index (χ2n) is 3.90. The zero-order chi connectivity index (χ0) is 12.8. The number of nitrogens with one attached hydrogen (secondary N) is 1. The number of anilines is 1. The van der Waals surface area contributed by atoms with Crippen LogP contribution in [0.2, 0.25) is 5.15 Å². The van der Waals surface area contributed by atoms with Crippen LogP contribution in [0, 0.1) is 0 Å². The maximum atomic E-state index is 5.92. The first-order valence-electron chi connectivity index (χ1n) is 6.02. The minimum absolute atomic E-state index is 0.483. The summed E-state index contributed by atoms with van der Waals surface area (Å²) >= 11 is 5.92. The average molecular weight is 266 g/mol. The summed E-state index contributed by atoms with van der Waals surface area (Å²) in [6, 6.07) is 3.67. The molecule has 2 aromatic heterocycles. The monoisotopic (exact) mass is 265 g/mol. The van der Waals surface area contributed by atoms with Crippen LogP contribution < -0.4 is 5.32 Å². The van der Waals surface area contributed by atoms with E-state index in [1.54, 1.807) is 12.3 Å². The van der Waals surface area contributed by atoms with E-state index in [9.17, 15) is 0 Å². The van der Waals surface area contributed by atoms with Crippen LogP contribution in [0.3, 0.4) is 0 Å². The van der Waals surface area contributed by atoms with Gasteiger partial charge in [0.05, 0.1) is 0 Å². The van der Waals surface area contributed by atoms with Gasteiger partial charge in [-0.25, -0.2) is 9.97 Å². The zero-order valence-corrected chi connectivity index (χ0v) is 11.1. The summed E-state index contributed by atoms with van der Waals surface area (Å²) < 4.78 is 1.91. The van der Waals surface area contributed by atoms with Crippen LogP contribution in [-0.4, -0.2) is 26.3 Å². The Morgan fingerprint density at radius 1 is 1.39 bits per heavy atom. The lowest BCUT2D eigenvalue weighted by molar-refractivity contribution is 0.591. The van der Waals surface area contributed by atoms with Crippen LogP contribution in [0.4, 0.5) is 5.82 Å². The summed E-state index contributed by atoms with van der Waals surface area (Å²) in [5.74, 6) is 1.55. The Balaban J connectivity index is 1.81. The van der Waals surface area contributed by atoms with Gasteiger partial charge in [-0.2, -0.15) is 5.10 Å². The molecule has 0 aromatic carbocycles. The molecule has 0 atom stereocenters. The summed E-state index contributed by atoms with van der Waals surface area (Å²) in [5, 5.41) is 7.87. The molecule has 0 spiro atoms. The normalized spacial score (nSPS) is 10.6. The van der Waals surface area contributed by atoms with Gasteiger partial charge in [-0.15, -0.1) is 0 Å². The fraction of sp³-hybridized carbons (Fsp3) is 0.417. The van der Waals surface area contributed by atoms with E-state index in [0.717, 1.165) is 37.6 Å². The third kappa shape index (κ3) is 3.70. The molecular weight excluding hydrogens is 250 g/mol. The maximum absolute atomic E-state index is 5.92. The summed E-state index contributed by atoms with van der Waals surface area (Å²) in [7, 11) is 0. The highest BCUT2D eigenvalue weighted by atomic mass is 35.5. The number of nitrogens with zero attached hydrogens (tertiary/aromatic N) is 4. The third-order valence-corrected chi connectivity index (χ3v) is 2.68. The van der Waals surface area contributed by atoms with Crippen molar-refractivity contribution in [3.8, 4) is 0 Å². The Hall–Kier alpha value is -1.62. The number of hydrogen-bond donors (Lipinski definition) is 1. The molecule has 1 N–H and O–H groups in total. The van der Waals surface area contributed by atoms with Gasteiger partial charge in [0.1, 0.15) is 16.8 Å². The van der Waals surface area contributed by atoms with Gasteiger partial charge >= 0.3 is 0 Å². The van der Waals surface area contributed by atoms with E-state index in [4.69, 9.17) is 11.6 Å². The number of halogens is 1. The highest BCUT2D eigenvalue weighted by molar-refractivity contribution is 6.29. The van der Waals surface area contributed by atoms with Gasteiger partial charge in [-0.3, -0.25) is 4.68 Å². The molecule has 2 rings (SSSR count). The minimum atomic E-state index is 0.483. The van der Waals surface area contributed by atoms with Gasteiger partial charge in [0.25, 0.3) is 0 Å². The van der Waals surface area contributed by atoms with Crippen molar-refractivity contribution in [2.45, 2.75) is 26.3 Å². The molecule has 2 heterocycles. The summed E-state index contributed by atoms with van der Waals surface area (Å²) in [6.45, 7) is 3.73. The van der Waals surface area contributed by atoms with E-state index in [1.165, 1.54) is 0 Å². The molecule has 6 heteroatoms. The minimum Gasteiger partial charge on any atom is -0.370 e. The largest absolute Gasteiger partial charge is 0.370 e. The van der Waals surface area contributed by atoms with Gasteiger partial charge in [-0.05, 0) is 12.5 Å². The maximum Gasteiger partial charge on any atom is 0.134 e. The molecule has 0 aliphatic rings. The van der Waals surface area contributed by atoms with E-state index in [0.29, 0.717) is 5.15 Å². The fourth-order valence-electron chi connectivity index (χ4n) is 1.60. The van der Waals surface area contributed by atoms with Gasteiger partial charge in [0.15, 0.2) is 0 Å². The molecule has 18 heavy (non-hydrogen) atoms. The second-order valence-corrected chi connectivity index (χ2v) is 4.28. The van der Waals surface area contributed by atoms with E-state index in [-0.39, 0.29) is 0 Å². The number of aryl methyl sites for hydroxylation is 2. The molecule has 0 fully saturated rings. The van der Waals surface area contributed by atoms with Crippen molar-refractivity contribution >= 4 is 17.4 Å². The highest BCUT2D eigenvalue weighted by Gasteiger charge is 2.01. The second kappa shape index (κ2) is 6.35. The predicted molar refractivity (Wildman–Crippen MR) is 71.8 cm³/mol. The zero-order valence-electron chi connectivity index (χ0n) is 10.3. The molecule has 96 valence electrons. The van der Waals surface area contributed by atoms with Crippen LogP contribution in [-0.2, 0) is 13.0 Å². The Labute approximate surface area is 111 Å². The van der Waals surface area contributed by atoms with Gasteiger partial charge in [-0.1, -0.05) is 18.5 Å². The SMILES string of the molecule is CCc1nc(Cl)cc(NCCCn2cccn2)n1. The average Bonchev–Trinajstić information content (AvgIpc) is 2.87. The van der Waals surface area contributed by atoms with Crippen molar-refractivity contribution in [1.82, 2.24) is 19.7 Å². The number of aromatic nitrogens is 4. The van der Waals surface area contributed by atoms with Crippen LogP contribution in [0.5, 0.6) is 0 Å². The lowest BCUT2D eigenvalue weighted by Gasteiger charge is -2.07. The quantitative estimate of drug-likeness (QED) is 0.644. The van der Waals surface area contributed by atoms with Crippen molar-refractivity contribution < 1.29 is 0 Å². The highest BCUT2D eigenvalue weighted by Crippen LogP contribution is 2.11. The fourth-order valence-corrected chi connectivity index (χ4v) is 1.80. The standard InChI is InChI=1S/C12H16ClN5/c1-2-11-16-10(13)9-12(17-11)14-5-3-7-18-8-4-6-15-18/h4,6,8-9H,2-3,5,7H2,1H3,(H,14,16,17). The Bertz CT molecular complexity index is 483. The molecule has 0 amide bonds. The smallest absolute Gasteiger partial charge is 0.134 e. The van der Waals surface area contributed by atoms with Crippen molar-refractivity contribution in [2.75, 3.05) is 11.9 Å². The Morgan fingerprint density at radius 3 is 3.00 bits per heavy atom. The van der Waals surface area contributed by atoms with Gasteiger partial charge < -0.3 is 5.32 Å². The third-order valence-electron chi connectivity index (χ3n) is 2.49. The van der Waals surface area contributed by atoms with Crippen LogP contribution in [0.25, 0.3) is 0 Å². The Morgan fingerprint density at radius 2 is 2.28 bits per heavy atom. The van der Waals surface area contributed by atoms with E-state index < -0.39 is 0 Å². The molecule has 2 aromatic rings.